The maximum absolute atomic E-state index is 14.0. The van der Waals surface area contributed by atoms with Crippen LogP contribution in [0.3, 0.4) is 0 Å². The fraction of sp³-hybridized carbons (Fsp3) is 0.600. The Morgan fingerprint density at radius 1 is 1.33 bits per heavy atom. The zero-order chi connectivity index (χ0) is 16.4. The standard InChI is InChI=1S/C15H25FN2O2S/c1-11(15(2,3)4)18(6)21(19,20)14-9-12(10-17-5)7-8-13(14)16/h7-9,11,17H,10H2,1-6H3. The van der Waals surface area contributed by atoms with Crippen LogP contribution in [0.15, 0.2) is 23.1 Å². The molecule has 1 aromatic rings. The van der Waals surface area contributed by atoms with Gasteiger partial charge in [-0.3, -0.25) is 0 Å². The highest BCUT2D eigenvalue weighted by Crippen LogP contribution is 2.28. The maximum Gasteiger partial charge on any atom is 0.246 e. The normalized spacial score (nSPS) is 14.5. The van der Waals surface area contributed by atoms with E-state index in [1.807, 2.05) is 27.7 Å². The predicted molar refractivity (Wildman–Crippen MR) is 83.0 cm³/mol. The summed E-state index contributed by atoms with van der Waals surface area (Å²) in [7, 11) is -0.612. The fourth-order valence-electron chi connectivity index (χ4n) is 1.97. The van der Waals surface area contributed by atoms with E-state index in [2.05, 4.69) is 5.32 Å². The lowest BCUT2D eigenvalue weighted by molar-refractivity contribution is 0.216. The highest BCUT2D eigenvalue weighted by Gasteiger charge is 2.34. The SMILES string of the molecule is CNCc1ccc(F)c(S(=O)(=O)N(C)C(C)C(C)(C)C)c1. The molecular formula is C15H25FN2O2S. The predicted octanol–water partition coefficient (Wildman–Crippen LogP) is 2.60. The van der Waals surface area contributed by atoms with Crippen LogP contribution >= 0.6 is 0 Å². The first-order chi connectivity index (χ1) is 9.51. The fourth-order valence-corrected chi connectivity index (χ4v) is 3.63. The topological polar surface area (TPSA) is 49.4 Å². The molecule has 1 unspecified atom stereocenters. The highest BCUT2D eigenvalue weighted by molar-refractivity contribution is 7.89. The van der Waals surface area contributed by atoms with Crippen molar-refractivity contribution in [1.82, 2.24) is 9.62 Å². The molecule has 0 bridgehead atoms. The van der Waals surface area contributed by atoms with Gasteiger partial charge in [0.25, 0.3) is 0 Å². The molecule has 120 valence electrons. The molecule has 0 aromatic heterocycles. The van der Waals surface area contributed by atoms with Gasteiger partial charge in [-0.2, -0.15) is 4.31 Å². The van der Waals surface area contributed by atoms with E-state index in [0.717, 1.165) is 5.56 Å². The van der Waals surface area contributed by atoms with E-state index < -0.39 is 15.8 Å². The lowest BCUT2D eigenvalue weighted by atomic mass is 9.88. The van der Waals surface area contributed by atoms with Crippen LogP contribution < -0.4 is 5.32 Å². The number of rotatable bonds is 5. The number of benzene rings is 1. The van der Waals surface area contributed by atoms with Crippen molar-refractivity contribution in [3.63, 3.8) is 0 Å². The Balaban J connectivity index is 3.27. The third-order valence-corrected chi connectivity index (χ3v) is 5.78. The molecule has 21 heavy (non-hydrogen) atoms. The van der Waals surface area contributed by atoms with Crippen LogP contribution in [0.4, 0.5) is 4.39 Å². The molecule has 0 amide bonds. The number of sulfonamides is 1. The number of hydrogen-bond donors (Lipinski definition) is 1. The Bertz CT molecular complexity index is 594. The summed E-state index contributed by atoms with van der Waals surface area (Å²) in [4.78, 5) is -0.270. The molecule has 6 heteroatoms. The number of nitrogens with one attached hydrogen (secondary N) is 1. The van der Waals surface area contributed by atoms with Crippen molar-refractivity contribution in [2.45, 2.75) is 45.2 Å². The molecule has 0 spiro atoms. The van der Waals surface area contributed by atoms with Crippen LogP contribution in [0.1, 0.15) is 33.3 Å². The molecule has 0 saturated carbocycles. The Hall–Kier alpha value is -0.980. The van der Waals surface area contributed by atoms with Gasteiger partial charge in [0, 0.05) is 19.6 Å². The van der Waals surface area contributed by atoms with Gasteiger partial charge in [-0.15, -0.1) is 0 Å². The lowest BCUT2D eigenvalue weighted by Gasteiger charge is -2.34. The largest absolute Gasteiger partial charge is 0.316 e. The van der Waals surface area contributed by atoms with Crippen molar-refractivity contribution in [3.05, 3.63) is 29.6 Å². The zero-order valence-electron chi connectivity index (χ0n) is 13.6. The molecule has 1 aromatic carbocycles. The Morgan fingerprint density at radius 2 is 1.90 bits per heavy atom. The summed E-state index contributed by atoms with van der Waals surface area (Å²) >= 11 is 0. The van der Waals surface area contributed by atoms with E-state index in [-0.39, 0.29) is 16.4 Å². The van der Waals surface area contributed by atoms with Crippen LogP contribution in [0, 0.1) is 11.2 Å². The smallest absolute Gasteiger partial charge is 0.246 e. The van der Waals surface area contributed by atoms with E-state index in [4.69, 9.17) is 0 Å². The molecule has 1 N–H and O–H groups in total. The molecule has 0 heterocycles. The highest BCUT2D eigenvalue weighted by atomic mass is 32.2. The van der Waals surface area contributed by atoms with Gasteiger partial charge in [0.15, 0.2) is 0 Å². The second-order valence-corrected chi connectivity index (χ2v) is 8.32. The molecule has 4 nitrogen and oxygen atoms in total. The molecule has 0 radical (unpaired) electrons. The third-order valence-electron chi connectivity index (χ3n) is 3.83. The van der Waals surface area contributed by atoms with Gasteiger partial charge in [0.05, 0.1) is 0 Å². The lowest BCUT2D eigenvalue weighted by Crippen LogP contribution is -2.43. The van der Waals surface area contributed by atoms with Gasteiger partial charge >= 0.3 is 0 Å². The van der Waals surface area contributed by atoms with Gasteiger partial charge in [0.2, 0.25) is 10.0 Å². The maximum atomic E-state index is 14.0. The molecule has 0 aliphatic rings. The summed E-state index contributed by atoms with van der Waals surface area (Å²) in [6, 6.07) is 3.93. The van der Waals surface area contributed by atoms with Crippen LogP contribution in [0.5, 0.6) is 0 Å². The first-order valence-corrected chi connectivity index (χ1v) is 8.37. The van der Waals surface area contributed by atoms with Gasteiger partial charge < -0.3 is 5.32 Å². The molecule has 1 atom stereocenters. The van der Waals surface area contributed by atoms with E-state index in [0.29, 0.717) is 6.54 Å². The Morgan fingerprint density at radius 3 is 2.38 bits per heavy atom. The summed E-state index contributed by atoms with van der Waals surface area (Å²) < 4.78 is 40.6. The number of hydrogen-bond acceptors (Lipinski definition) is 3. The first kappa shape index (κ1) is 18.1. The number of nitrogens with zero attached hydrogens (tertiary/aromatic N) is 1. The second-order valence-electron chi connectivity index (χ2n) is 6.36. The first-order valence-electron chi connectivity index (χ1n) is 6.93. The van der Waals surface area contributed by atoms with Crippen molar-refractivity contribution in [2.75, 3.05) is 14.1 Å². The summed E-state index contributed by atoms with van der Waals surface area (Å²) in [5, 5.41) is 2.93. The molecule has 0 aliphatic carbocycles. The molecule has 1 rings (SSSR count). The monoisotopic (exact) mass is 316 g/mol. The van der Waals surface area contributed by atoms with Gasteiger partial charge in [-0.25, -0.2) is 12.8 Å². The second kappa shape index (κ2) is 6.42. The quantitative estimate of drug-likeness (QED) is 0.908. The van der Waals surface area contributed by atoms with Crippen LogP contribution in [-0.2, 0) is 16.6 Å². The summed E-state index contributed by atoms with van der Waals surface area (Å²) in [6.07, 6.45) is 0. The molecule has 0 fully saturated rings. The summed E-state index contributed by atoms with van der Waals surface area (Å²) in [6.45, 7) is 8.18. The minimum atomic E-state index is -3.86. The van der Waals surface area contributed by atoms with Crippen LogP contribution in [0.2, 0.25) is 0 Å². The average molecular weight is 316 g/mol. The minimum Gasteiger partial charge on any atom is -0.316 e. The van der Waals surface area contributed by atoms with Gasteiger partial charge in [-0.05, 0) is 37.1 Å². The van der Waals surface area contributed by atoms with Gasteiger partial charge in [0.1, 0.15) is 10.7 Å². The van der Waals surface area contributed by atoms with Crippen molar-refractivity contribution in [3.8, 4) is 0 Å². The van der Waals surface area contributed by atoms with Crippen molar-refractivity contribution < 1.29 is 12.8 Å². The molecule has 0 aliphatic heterocycles. The third kappa shape index (κ3) is 4.02. The van der Waals surface area contributed by atoms with Crippen LogP contribution in [-0.4, -0.2) is 32.9 Å². The van der Waals surface area contributed by atoms with E-state index in [9.17, 15) is 12.8 Å². The minimum absolute atomic E-state index is 0.235. The number of halogens is 1. The molecular weight excluding hydrogens is 291 g/mol. The summed E-state index contributed by atoms with van der Waals surface area (Å²) in [5.41, 5.74) is 0.496. The molecule has 0 saturated heterocycles. The Kier molecular flexibility index (Phi) is 5.52. The van der Waals surface area contributed by atoms with Crippen molar-refractivity contribution >= 4 is 10.0 Å². The average Bonchev–Trinajstić information content (AvgIpc) is 2.38. The van der Waals surface area contributed by atoms with Gasteiger partial charge in [-0.1, -0.05) is 26.8 Å². The summed E-state index contributed by atoms with van der Waals surface area (Å²) in [5.74, 6) is -0.720. The van der Waals surface area contributed by atoms with E-state index in [1.54, 1.807) is 13.1 Å². The zero-order valence-corrected chi connectivity index (χ0v) is 14.4. The Labute approximate surface area is 127 Å². The van der Waals surface area contributed by atoms with Crippen molar-refractivity contribution in [2.24, 2.45) is 5.41 Å². The van der Waals surface area contributed by atoms with E-state index in [1.165, 1.54) is 23.5 Å². The van der Waals surface area contributed by atoms with Crippen molar-refractivity contribution in [1.29, 1.82) is 0 Å². The van der Waals surface area contributed by atoms with Crippen LogP contribution in [0.25, 0.3) is 0 Å². The van der Waals surface area contributed by atoms with E-state index >= 15 is 0 Å².